The van der Waals surface area contributed by atoms with Crippen LogP contribution < -0.4 is 10.6 Å². The first-order valence-corrected chi connectivity index (χ1v) is 9.63. The predicted octanol–water partition coefficient (Wildman–Crippen LogP) is 4.13. The SMILES string of the molecule is C[C@@H](Sc1nc(Nc2ccccc2)c2ccccc2n1)C(=O)NC1CC1. The average molecular weight is 364 g/mol. The number of carbonyl (C=O) groups is 1. The highest BCUT2D eigenvalue weighted by Gasteiger charge is 2.26. The zero-order valence-corrected chi connectivity index (χ0v) is 15.3. The summed E-state index contributed by atoms with van der Waals surface area (Å²) in [7, 11) is 0. The largest absolute Gasteiger partial charge is 0.352 e. The van der Waals surface area contributed by atoms with Gasteiger partial charge in [0, 0.05) is 17.1 Å². The van der Waals surface area contributed by atoms with Crippen molar-refractivity contribution in [3.63, 3.8) is 0 Å². The highest BCUT2D eigenvalue weighted by Crippen LogP contribution is 2.29. The number of nitrogens with zero attached hydrogens (tertiary/aromatic N) is 2. The number of hydrogen-bond acceptors (Lipinski definition) is 5. The first kappa shape index (κ1) is 16.8. The Kier molecular flexibility index (Phi) is 4.75. The number of anilines is 2. The molecule has 1 heterocycles. The van der Waals surface area contributed by atoms with Crippen molar-refractivity contribution in [1.29, 1.82) is 0 Å². The van der Waals surface area contributed by atoms with E-state index in [4.69, 9.17) is 0 Å². The summed E-state index contributed by atoms with van der Waals surface area (Å²) in [4.78, 5) is 21.5. The fourth-order valence-corrected chi connectivity index (χ4v) is 3.41. The van der Waals surface area contributed by atoms with Crippen molar-refractivity contribution in [1.82, 2.24) is 15.3 Å². The molecule has 1 aliphatic rings. The number of aromatic nitrogens is 2. The van der Waals surface area contributed by atoms with Crippen LogP contribution in [0.4, 0.5) is 11.5 Å². The molecule has 1 amide bonds. The van der Waals surface area contributed by atoms with Crippen LogP contribution in [0.3, 0.4) is 0 Å². The summed E-state index contributed by atoms with van der Waals surface area (Å²) < 4.78 is 0. The van der Waals surface area contributed by atoms with Crippen LogP contribution in [-0.2, 0) is 4.79 Å². The summed E-state index contributed by atoms with van der Waals surface area (Å²) in [5.41, 5.74) is 1.82. The number of nitrogens with one attached hydrogen (secondary N) is 2. The Hall–Kier alpha value is -2.60. The number of fused-ring (bicyclic) bond motifs is 1. The third kappa shape index (κ3) is 3.96. The quantitative estimate of drug-likeness (QED) is 0.508. The van der Waals surface area contributed by atoms with Crippen molar-refractivity contribution >= 4 is 40.1 Å². The molecular weight excluding hydrogens is 344 g/mol. The van der Waals surface area contributed by atoms with Crippen LogP contribution in [0.5, 0.6) is 0 Å². The van der Waals surface area contributed by atoms with Gasteiger partial charge >= 0.3 is 0 Å². The van der Waals surface area contributed by atoms with Gasteiger partial charge in [-0.2, -0.15) is 0 Å². The minimum atomic E-state index is -0.235. The second-order valence-electron chi connectivity index (χ2n) is 6.41. The number of para-hydroxylation sites is 2. The van der Waals surface area contributed by atoms with Crippen LogP contribution in [0.15, 0.2) is 59.8 Å². The maximum Gasteiger partial charge on any atom is 0.233 e. The third-order valence-corrected chi connectivity index (χ3v) is 5.16. The molecule has 132 valence electrons. The van der Waals surface area contributed by atoms with E-state index in [1.807, 2.05) is 61.5 Å². The lowest BCUT2D eigenvalue weighted by Crippen LogP contribution is -2.32. The second-order valence-corrected chi connectivity index (χ2v) is 7.71. The summed E-state index contributed by atoms with van der Waals surface area (Å²) >= 11 is 1.39. The van der Waals surface area contributed by atoms with Gasteiger partial charge in [0.15, 0.2) is 5.16 Å². The molecule has 2 N–H and O–H groups in total. The molecule has 4 rings (SSSR count). The van der Waals surface area contributed by atoms with Gasteiger partial charge in [0.2, 0.25) is 5.91 Å². The highest BCUT2D eigenvalue weighted by atomic mass is 32.2. The van der Waals surface area contributed by atoms with Crippen molar-refractivity contribution in [3.8, 4) is 0 Å². The molecule has 1 aromatic heterocycles. The van der Waals surface area contributed by atoms with E-state index in [9.17, 15) is 4.79 Å². The molecule has 0 spiro atoms. The molecule has 0 saturated heterocycles. The number of thioether (sulfide) groups is 1. The van der Waals surface area contributed by atoms with Gasteiger partial charge < -0.3 is 10.6 Å². The number of amides is 1. The predicted molar refractivity (Wildman–Crippen MR) is 106 cm³/mol. The minimum Gasteiger partial charge on any atom is -0.352 e. The van der Waals surface area contributed by atoms with Gasteiger partial charge in [-0.25, -0.2) is 9.97 Å². The molecule has 1 fully saturated rings. The summed E-state index contributed by atoms with van der Waals surface area (Å²) in [5.74, 6) is 0.797. The van der Waals surface area contributed by atoms with E-state index in [1.165, 1.54) is 11.8 Å². The molecule has 6 heteroatoms. The first-order valence-electron chi connectivity index (χ1n) is 8.75. The number of rotatable bonds is 6. The van der Waals surface area contributed by atoms with Crippen molar-refractivity contribution < 1.29 is 4.79 Å². The van der Waals surface area contributed by atoms with Gasteiger partial charge in [-0.05, 0) is 44.0 Å². The molecule has 26 heavy (non-hydrogen) atoms. The Balaban J connectivity index is 1.61. The van der Waals surface area contributed by atoms with Crippen LogP contribution >= 0.6 is 11.8 Å². The average Bonchev–Trinajstić information content (AvgIpc) is 3.46. The van der Waals surface area contributed by atoms with Gasteiger partial charge in [-0.3, -0.25) is 4.79 Å². The molecule has 3 aromatic rings. The molecule has 1 aliphatic carbocycles. The lowest BCUT2D eigenvalue weighted by Gasteiger charge is -2.13. The molecule has 2 aromatic carbocycles. The fourth-order valence-electron chi connectivity index (χ4n) is 2.62. The Labute approximate surface area is 156 Å². The van der Waals surface area contributed by atoms with E-state index in [-0.39, 0.29) is 11.2 Å². The first-order chi connectivity index (χ1) is 12.7. The summed E-state index contributed by atoms with van der Waals surface area (Å²) in [6.45, 7) is 1.89. The molecule has 1 atom stereocenters. The van der Waals surface area contributed by atoms with Crippen molar-refractivity contribution in [2.24, 2.45) is 0 Å². The van der Waals surface area contributed by atoms with E-state index >= 15 is 0 Å². The Morgan fingerprint density at radius 2 is 1.81 bits per heavy atom. The molecule has 0 radical (unpaired) electrons. The summed E-state index contributed by atoms with van der Waals surface area (Å²) in [5, 5.41) is 7.72. The number of benzene rings is 2. The van der Waals surface area contributed by atoms with Crippen LogP contribution in [0.25, 0.3) is 10.9 Å². The fraction of sp³-hybridized carbons (Fsp3) is 0.250. The maximum atomic E-state index is 12.2. The van der Waals surface area contributed by atoms with E-state index < -0.39 is 0 Å². The lowest BCUT2D eigenvalue weighted by atomic mass is 10.2. The summed E-state index contributed by atoms with van der Waals surface area (Å²) in [6.07, 6.45) is 2.17. The number of hydrogen-bond donors (Lipinski definition) is 2. The third-order valence-electron chi connectivity index (χ3n) is 4.19. The molecule has 0 aliphatic heterocycles. The maximum absolute atomic E-state index is 12.2. The van der Waals surface area contributed by atoms with Crippen molar-refractivity contribution in [2.45, 2.75) is 36.2 Å². The molecule has 1 saturated carbocycles. The van der Waals surface area contributed by atoms with Gasteiger partial charge in [0.1, 0.15) is 5.82 Å². The van der Waals surface area contributed by atoms with Crippen LogP contribution in [0.2, 0.25) is 0 Å². The van der Waals surface area contributed by atoms with Gasteiger partial charge in [0.25, 0.3) is 0 Å². The number of carbonyl (C=O) groups excluding carboxylic acids is 1. The van der Waals surface area contributed by atoms with E-state index in [0.717, 1.165) is 35.2 Å². The van der Waals surface area contributed by atoms with E-state index in [1.54, 1.807) is 0 Å². The minimum absolute atomic E-state index is 0.0480. The van der Waals surface area contributed by atoms with Crippen LogP contribution in [-0.4, -0.2) is 27.2 Å². The Morgan fingerprint density at radius 3 is 2.58 bits per heavy atom. The van der Waals surface area contributed by atoms with Crippen molar-refractivity contribution in [3.05, 3.63) is 54.6 Å². The highest BCUT2D eigenvalue weighted by molar-refractivity contribution is 8.00. The lowest BCUT2D eigenvalue weighted by molar-refractivity contribution is -0.120. The van der Waals surface area contributed by atoms with E-state index in [0.29, 0.717) is 11.2 Å². The zero-order valence-electron chi connectivity index (χ0n) is 14.5. The monoisotopic (exact) mass is 364 g/mol. The standard InChI is InChI=1S/C20H20N4OS/c1-13(19(25)22-15-11-12-15)26-20-23-17-10-6-5-9-16(17)18(24-20)21-14-7-3-2-4-8-14/h2-10,13,15H,11-12H2,1H3,(H,22,25)(H,21,23,24)/t13-/m1/s1. The normalized spacial score (nSPS) is 14.8. The van der Waals surface area contributed by atoms with Gasteiger partial charge in [-0.15, -0.1) is 0 Å². The summed E-state index contributed by atoms with van der Waals surface area (Å²) in [6, 6.07) is 18.2. The van der Waals surface area contributed by atoms with E-state index in [2.05, 4.69) is 20.6 Å². The van der Waals surface area contributed by atoms with Crippen LogP contribution in [0.1, 0.15) is 19.8 Å². The molecule has 5 nitrogen and oxygen atoms in total. The molecule has 0 bridgehead atoms. The Bertz CT molecular complexity index is 928. The van der Waals surface area contributed by atoms with Gasteiger partial charge in [-0.1, -0.05) is 42.1 Å². The zero-order chi connectivity index (χ0) is 17.9. The second kappa shape index (κ2) is 7.33. The molecule has 0 unspecified atom stereocenters. The molecular formula is C20H20N4OS. The van der Waals surface area contributed by atoms with Crippen LogP contribution in [0, 0.1) is 0 Å². The topological polar surface area (TPSA) is 66.9 Å². The van der Waals surface area contributed by atoms with Gasteiger partial charge in [0.05, 0.1) is 10.8 Å². The smallest absolute Gasteiger partial charge is 0.233 e. The Morgan fingerprint density at radius 1 is 1.08 bits per heavy atom. The van der Waals surface area contributed by atoms with Crippen molar-refractivity contribution in [2.75, 3.05) is 5.32 Å².